The summed E-state index contributed by atoms with van der Waals surface area (Å²) >= 11 is 0. The van der Waals surface area contributed by atoms with Gasteiger partial charge >= 0.3 is 0 Å². The molecule has 3 N–H and O–H groups in total. The highest BCUT2D eigenvalue weighted by molar-refractivity contribution is 5.92. The summed E-state index contributed by atoms with van der Waals surface area (Å²) < 4.78 is 0. The van der Waals surface area contributed by atoms with Crippen LogP contribution in [-0.4, -0.2) is 43.6 Å². The number of benzene rings is 1. The Balaban J connectivity index is 1.51. The van der Waals surface area contributed by atoms with Crippen LogP contribution in [0.3, 0.4) is 0 Å². The molecule has 0 radical (unpaired) electrons. The van der Waals surface area contributed by atoms with E-state index in [2.05, 4.69) is 21.3 Å². The average Bonchev–Trinajstić information content (AvgIpc) is 2.64. The zero-order valence-electron chi connectivity index (χ0n) is 14.7. The molecule has 2 aromatic rings. The number of aromatic amines is 1. The van der Waals surface area contributed by atoms with Crippen LogP contribution in [0.1, 0.15) is 5.56 Å². The van der Waals surface area contributed by atoms with Gasteiger partial charge in [0.2, 0.25) is 0 Å². The topological polar surface area (TPSA) is 94.1 Å². The van der Waals surface area contributed by atoms with Gasteiger partial charge in [-0.1, -0.05) is 6.07 Å². The maximum atomic E-state index is 12.3. The van der Waals surface area contributed by atoms with E-state index in [1.807, 2.05) is 18.3 Å². The number of anilines is 2. The number of aryl methyl sites for hydroxylation is 1. The van der Waals surface area contributed by atoms with Crippen LogP contribution < -0.4 is 20.1 Å². The summed E-state index contributed by atoms with van der Waals surface area (Å²) in [5, 5.41) is 13.7. The highest BCUT2D eigenvalue weighted by Crippen LogP contribution is 2.20. The third-order valence-electron chi connectivity index (χ3n) is 4.61. The minimum Gasteiger partial charge on any atom is -0.321 e. The van der Waals surface area contributed by atoms with Crippen molar-refractivity contribution in [2.24, 2.45) is 0 Å². The van der Waals surface area contributed by atoms with Gasteiger partial charge in [0.25, 0.3) is 17.4 Å². The zero-order valence-corrected chi connectivity index (χ0v) is 14.7. The fourth-order valence-corrected chi connectivity index (χ4v) is 3.14. The molecule has 2 heterocycles. The highest BCUT2D eigenvalue weighted by atomic mass is 16.6. The fraction of sp³-hybridized carbons (Fsp3) is 0.333. The average molecular weight is 357 g/mol. The maximum Gasteiger partial charge on any atom is 0.279 e. The van der Waals surface area contributed by atoms with Gasteiger partial charge in [0, 0.05) is 23.9 Å². The Labute approximate surface area is 151 Å². The van der Waals surface area contributed by atoms with Crippen LogP contribution >= 0.6 is 0 Å². The van der Waals surface area contributed by atoms with E-state index in [9.17, 15) is 14.9 Å². The second-order valence-electron chi connectivity index (χ2n) is 6.47. The lowest BCUT2D eigenvalue weighted by atomic mass is 10.2. The summed E-state index contributed by atoms with van der Waals surface area (Å²) in [6.45, 7) is 5.69. The van der Waals surface area contributed by atoms with Crippen LogP contribution in [0.15, 0.2) is 42.6 Å². The van der Waals surface area contributed by atoms with Gasteiger partial charge in [0.1, 0.15) is 26.2 Å². The van der Waals surface area contributed by atoms with Crippen molar-refractivity contribution >= 4 is 23.1 Å². The summed E-state index contributed by atoms with van der Waals surface area (Å²) in [6, 6.07) is 10.5. The Morgan fingerprint density at radius 3 is 2.69 bits per heavy atom. The van der Waals surface area contributed by atoms with Crippen molar-refractivity contribution in [2.75, 3.05) is 42.9 Å². The summed E-state index contributed by atoms with van der Waals surface area (Å²) in [4.78, 5) is 29.4. The van der Waals surface area contributed by atoms with Gasteiger partial charge in [0.15, 0.2) is 6.54 Å². The van der Waals surface area contributed by atoms with Crippen molar-refractivity contribution in [2.45, 2.75) is 6.92 Å². The van der Waals surface area contributed by atoms with Gasteiger partial charge in [-0.2, -0.15) is 0 Å². The van der Waals surface area contributed by atoms with Gasteiger partial charge in [-0.15, -0.1) is 0 Å². The molecule has 136 valence electrons. The number of amides is 1. The number of quaternary nitrogens is 1. The molecule has 1 aromatic carbocycles. The molecule has 1 aromatic heterocycles. The third kappa shape index (κ3) is 4.34. The van der Waals surface area contributed by atoms with Gasteiger partial charge < -0.3 is 10.2 Å². The molecule has 3 rings (SSSR count). The second-order valence-corrected chi connectivity index (χ2v) is 6.47. The lowest BCUT2D eigenvalue weighted by molar-refractivity contribution is -0.892. The molecule has 0 aliphatic carbocycles. The summed E-state index contributed by atoms with van der Waals surface area (Å²) in [5.74, 6) is 1.02. The number of nitrogens with zero attached hydrogens (tertiary/aromatic N) is 2. The van der Waals surface area contributed by atoms with E-state index in [0.717, 1.165) is 32.0 Å². The summed E-state index contributed by atoms with van der Waals surface area (Å²) in [7, 11) is 0. The molecule has 0 spiro atoms. The highest BCUT2D eigenvalue weighted by Gasteiger charge is 2.27. The number of H-pyrrole nitrogens is 1. The van der Waals surface area contributed by atoms with E-state index in [0.29, 0.717) is 17.8 Å². The number of nitrogens with one attached hydrogen (secondary N) is 3. The summed E-state index contributed by atoms with van der Waals surface area (Å²) in [6.07, 6.45) is 1.91. The SMILES string of the molecule is Cc1cc([N+](=O)[O-])ccc1NC(=O)C[NH+]1CCN(c2cccc[nH+]2)CC1. The Morgan fingerprint density at radius 1 is 1.31 bits per heavy atom. The molecule has 8 heteroatoms. The molecule has 0 atom stereocenters. The normalized spacial score (nSPS) is 14.9. The van der Waals surface area contributed by atoms with Gasteiger partial charge in [-0.05, 0) is 24.6 Å². The molecule has 1 amide bonds. The number of pyridine rings is 1. The van der Waals surface area contributed by atoms with E-state index in [-0.39, 0.29) is 11.6 Å². The summed E-state index contributed by atoms with van der Waals surface area (Å²) in [5.41, 5.74) is 1.34. The van der Waals surface area contributed by atoms with Crippen LogP contribution in [-0.2, 0) is 4.79 Å². The van der Waals surface area contributed by atoms with Gasteiger partial charge in [-0.25, -0.2) is 4.98 Å². The van der Waals surface area contributed by atoms with E-state index >= 15 is 0 Å². The first-order valence-corrected chi connectivity index (χ1v) is 8.63. The molecule has 0 saturated carbocycles. The minimum atomic E-state index is -0.438. The van der Waals surface area contributed by atoms with Crippen LogP contribution in [0, 0.1) is 17.0 Å². The predicted octanol–water partition coefficient (Wildman–Crippen LogP) is 0.0609. The lowest BCUT2D eigenvalue weighted by Gasteiger charge is -2.27. The number of hydrogen-bond acceptors (Lipinski definition) is 4. The number of carbonyl (C=O) groups is 1. The number of rotatable bonds is 5. The predicted molar refractivity (Wildman–Crippen MR) is 97.2 cm³/mol. The minimum absolute atomic E-state index is 0.0277. The Kier molecular flexibility index (Phi) is 5.43. The molecule has 1 saturated heterocycles. The van der Waals surface area contributed by atoms with Crippen molar-refractivity contribution in [3.8, 4) is 0 Å². The van der Waals surface area contributed by atoms with Gasteiger partial charge in [-0.3, -0.25) is 19.8 Å². The van der Waals surface area contributed by atoms with E-state index in [1.54, 1.807) is 13.0 Å². The molecule has 1 aliphatic heterocycles. The molecular formula is C18H23N5O3+2. The van der Waals surface area contributed by atoms with Crippen LogP contribution in [0.5, 0.6) is 0 Å². The number of aromatic nitrogens is 1. The first-order chi connectivity index (χ1) is 12.5. The Bertz CT molecular complexity index is 789. The number of non-ortho nitro benzene ring substituents is 1. The monoisotopic (exact) mass is 357 g/mol. The number of nitro benzene ring substituents is 1. The number of nitro groups is 1. The number of piperazine rings is 1. The molecule has 0 unspecified atom stereocenters. The first-order valence-electron chi connectivity index (χ1n) is 8.63. The lowest BCUT2D eigenvalue weighted by Crippen LogP contribution is -3.15. The van der Waals surface area contributed by atoms with Crippen molar-refractivity contribution in [3.05, 3.63) is 58.3 Å². The molecule has 1 aliphatic rings. The smallest absolute Gasteiger partial charge is 0.279 e. The van der Waals surface area contributed by atoms with E-state index < -0.39 is 4.92 Å². The standard InChI is InChI=1S/C18H21N5O3/c1-14-12-15(23(25)26)5-6-16(14)20-18(24)13-21-8-10-22(11-9-21)17-4-2-3-7-19-17/h2-7,12H,8-11,13H2,1H3,(H,20,24)/p+2. The number of carbonyl (C=O) groups excluding carboxylic acids is 1. The largest absolute Gasteiger partial charge is 0.321 e. The quantitative estimate of drug-likeness (QED) is 0.584. The first kappa shape index (κ1) is 17.8. The molecule has 1 fully saturated rings. The van der Waals surface area contributed by atoms with E-state index in [1.165, 1.54) is 17.0 Å². The van der Waals surface area contributed by atoms with Crippen LogP contribution in [0.4, 0.5) is 17.2 Å². The fourth-order valence-electron chi connectivity index (χ4n) is 3.14. The van der Waals surface area contributed by atoms with Crippen molar-refractivity contribution in [1.29, 1.82) is 0 Å². The zero-order chi connectivity index (χ0) is 18.5. The third-order valence-corrected chi connectivity index (χ3v) is 4.61. The van der Waals surface area contributed by atoms with Crippen LogP contribution in [0.2, 0.25) is 0 Å². The number of hydrogen-bond donors (Lipinski definition) is 2. The van der Waals surface area contributed by atoms with Crippen LogP contribution in [0.25, 0.3) is 0 Å². The second kappa shape index (κ2) is 7.92. The molecule has 8 nitrogen and oxygen atoms in total. The van der Waals surface area contributed by atoms with Crippen molar-refractivity contribution < 1.29 is 19.6 Å². The maximum absolute atomic E-state index is 12.3. The molecule has 0 bridgehead atoms. The Hall–Kier alpha value is -3.00. The molecule has 26 heavy (non-hydrogen) atoms. The molecular weight excluding hydrogens is 334 g/mol. The van der Waals surface area contributed by atoms with E-state index in [4.69, 9.17) is 0 Å². The van der Waals surface area contributed by atoms with Crippen molar-refractivity contribution in [1.82, 2.24) is 0 Å². The van der Waals surface area contributed by atoms with Crippen molar-refractivity contribution in [3.63, 3.8) is 0 Å². The van der Waals surface area contributed by atoms with Gasteiger partial charge in [0.05, 0.1) is 11.1 Å². The Morgan fingerprint density at radius 2 is 2.08 bits per heavy atom.